The summed E-state index contributed by atoms with van der Waals surface area (Å²) in [5, 5.41) is 1.30. The molecule has 1 amide bonds. The number of rotatable bonds is 3. The molecule has 1 aliphatic heterocycles. The highest BCUT2D eigenvalue weighted by molar-refractivity contribution is 7.19. The smallest absolute Gasteiger partial charge is 0.222 e. The van der Waals surface area contributed by atoms with E-state index in [2.05, 4.69) is 9.80 Å². The third-order valence-electron chi connectivity index (χ3n) is 6.78. The van der Waals surface area contributed by atoms with Crippen molar-refractivity contribution in [3.05, 3.63) is 16.3 Å². The fraction of sp³-hybridized carbons (Fsp3) is 0.682. The molecule has 0 bridgehead atoms. The Labute approximate surface area is 171 Å². The number of aromatic nitrogens is 2. The first-order valence-electron chi connectivity index (χ1n) is 11.0. The Kier molecular flexibility index (Phi) is 4.99. The van der Waals surface area contributed by atoms with E-state index in [4.69, 9.17) is 9.97 Å². The number of nitrogens with zero attached hydrogens (tertiary/aromatic N) is 4. The zero-order chi connectivity index (χ0) is 19.1. The maximum absolute atomic E-state index is 12.8. The van der Waals surface area contributed by atoms with E-state index in [1.165, 1.54) is 60.8 Å². The molecule has 3 aliphatic rings. The van der Waals surface area contributed by atoms with E-state index in [0.29, 0.717) is 11.8 Å². The van der Waals surface area contributed by atoms with Crippen LogP contribution < -0.4 is 4.90 Å². The van der Waals surface area contributed by atoms with Crippen LogP contribution in [-0.4, -0.2) is 47.0 Å². The molecule has 1 saturated carbocycles. The molecule has 0 radical (unpaired) electrons. The van der Waals surface area contributed by atoms with Crippen molar-refractivity contribution in [2.24, 2.45) is 5.92 Å². The van der Waals surface area contributed by atoms with Crippen molar-refractivity contribution in [2.75, 3.05) is 31.1 Å². The SMILES string of the molecule is Cc1nc(N2CCN(C(=O)CC3CCCCC3)CC2)c2c3c(sc2n1)CCC3. The predicted molar refractivity (Wildman–Crippen MR) is 114 cm³/mol. The minimum absolute atomic E-state index is 0.368. The molecule has 5 nitrogen and oxygen atoms in total. The molecule has 150 valence electrons. The van der Waals surface area contributed by atoms with E-state index in [-0.39, 0.29) is 0 Å². The van der Waals surface area contributed by atoms with Crippen LogP contribution >= 0.6 is 11.3 Å². The molecule has 0 atom stereocenters. The first-order chi connectivity index (χ1) is 13.7. The third-order valence-corrected chi connectivity index (χ3v) is 7.96. The van der Waals surface area contributed by atoms with Gasteiger partial charge in [0.1, 0.15) is 16.5 Å². The minimum atomic E-state index is 0.368. The van der Waals surface area contributed by atoms with E-state index in [0.717, 1.165) is 55.5 Å². The highest BCUT2D eigenvalue weighted by Gasteiger charge is 2.28. The summed E-state index contributed by atoms with van der Waals surface area (Å²) in [6.45, 7) is 5.40. The van der Waals surface area contributed by atoms with Crippen LogP contribution in [0.3, 0.4) is 0 Å². The Hall–Kier alpha value is -1.69. The fourth-order valence-electron chi connectivity index (χ4n) is 5.24. The number of thiophene rings is 1. The van der Waals surface area contributed by atoms with E-state index in [1.54, 1.807) is 0 Å². The van der Waals surface area contributed by atoms with Gasteiger partial charge in [-0.2, -0.15) is 0 Å². The lowest BCUT2D eigenvalue weighted by Crippen LogP contribution is -2.49. The van der Waals surface area contributed by atoms with Gasteiger partial charge in [-0.05, 0) is 50.5 Å². The van der Waals surface area contributed by atoms with Gasteiger partial charge in [0.05, 0.1) is 5.39 Å². The topological polar surface area (TPSA) is 49.3 Å². The van der Waals surface area contributed by atoms with Crippen molar-refractivity contribution < 1.29 is 4.79 Å². The maximum atomic E-state index is 12.8. The lowest BCUT2D eigenvalue weighted by molar-refractivity contribution is -0.132. The normalized spacial score (nSPS) is 20.8. The van der Waals surface area contributed by atoms with Crippen LogP contribution in [0.5, 0.6) is 0 Å². The molecule has 0 unspecified atom stereocenters. The number of amides is 1. The second-order valence-electron chi connectivity index (χ2n) is 8.71. The molecule has 28 heavy (non-hydrogen) atoms. The third kappa shape index (κ3) is 3.40. The molecular formula is C22H30N4OS. The number of piperazine rings is 1. The van der Waals surface area contributed by atoms with Crippen molar-refractivity contribution in [3.8, 4) is 0 Å². The molecule has 2 aromatic heterocycles. The Morgan fingerprint density at radius 3 is 2.61 bits per heavy atom. The van der Waals surface area contributed by atoms with Gasteiger partial charge < -0.3 is 9.80 Å². The Morgan fingerprint density at radius 2 is 1.82 bits per heavy atom. The monoisotopic (exact) mass is 398 g/mol. The van der Waals surface area contributed by atoms with Crippen molar-refractivity contribution in [3.63, 3.8) is 0 Å². The summed E-state index contributed by atoms with van der Waals surface area (Å²) >= 11 is 1.86. The van der Waals surface area contributed by atoms with Crippen LogP contribution in [0.15, 0.2) is 0 Å². The van der Waals surface area contributed by atoms with E-state index < -0.39 is 0 Å². The Bertz CT molecular complexity index is 878. The zero-order valence-electron chi connectivity index (χ0n) is 16.9. The molecule has 2 aliphatic carbocycles. The van der Waals surface area contributed by atoms with Crippen LogP contribution in [0, 0.1) is 12.8 Å². The summed E-state index contributed by atoms with van der Waals surface area (Å²) in [5.41, 5.74) is 1.49. The van der Waals surface area contributed by atoms with Crippen molar-refractivity contribution in [1.82, 2.24) is 14.9 Å². The number of aryl methyl sites for hydroxylation is 3. The minimum Gasteiger partial charge on any atom is -0.352 e. The van der Waals surface area contributed by atoms with Gasteiger partial charge in [0.25, 0.3) is 0 Å². The summed E-state index contributed by atoms with van der Waals surface area (Å²) in [4.78, 5) is 29.5. The summed E-state index contributed by atoms with van der Waals surface area (Å²) in [6.07, 6.45) is 10.8. The van der Waals surface area contributed by atoms with E-state index in [9.17, 15) is 4.79 Å². The molecule has 1 saturated heterocycles. The van der Waals surface area contributed by atoms with Crippen LogP contribution in [-0.2, 0) is 17.6 Å². The molecule has 0 N–H and O–H groups in total. The highest BCUT2D eigenvalue weighted by Crippen LogP contribution is 2.40. The molecule has 5 rings (SSSR count). The number of hydrogen-bond donors (Lipinski definition) is 0. The van der Waals surface area contributed by atoms with Crippen LogP contribution in [0.25, 0.3) is 10.2 Å². The first-order valence-corrected chi connectivity index (χ1v) is 11.8. The number of hydrogen-bond acceptors (Lipinski definition) is 5. The average Bonchev–Trinajstić information content (AvgIpc) is 3.29. The van der Waals surface area contributed by atoms with Crippen LogP contribution in [0.4, 0.5) is 5.82 Å². The summed E-state index contributed by atoms with van der Waals surface area (Å²) in [6, 6.07) is 0. The van der Waals surface area contributed by atoms with Gasteiger partial charge in [0.15, 0.2) is 0 Å². The van der Waals surface area contributed by atoms with E-state index in [1.807, 2.05) is 18.3 Å². The van der Waals surface area contributed by atoms with Crippen molar-refractivity contribution in [1.29, 1.82) is 0 Å². The Balaban J connectivity index is 1.30. The highest BCUT2D eigenvalue weighted by atomic mass is 32.1. The maximum Gasteiger partial charge on any atom is 0.222 e. The quantitative estimate of drug-likeness (QED) is 0.781. The molecule has 0 spiro atoms. The van der Waals surface area contributed by atoms with Gasteiger partial charge in [-0.3, -0.25) is 4.79 Å². The zero-order valence-corrected chi connectivity index (χ0v) is 17.7. The molecule has 6 heteroatoms. The summed E-state index contributed by atoms with van der Waals surface area (Å²) < 4.78 is 0. The van der Waals surface area contributed by atoms with Gasteiger partial charge in [0, 0.05) is 37.5 Å². The molecule has 2 fully saturated rings. The molecule has 3 heterocycles. The number of carbonyl (C=O) groups is 1. The number of carbonyl (C=O) groups excluding carboxylic acids is 1. The van der Waals surface area contributed by atoms with Gasteiger partial charge in [-0.15, -0.1) is 11.3 Å². The van der Waals surface area contributed by atoms with Crippen LogP contribution in [0.2, 0.25) is 0 Å². The summed E-state index contributed by atoms with van der Waals surface area (Å²) in [5.74, 6) is 2.96. The lowest BCUT2D eigenvalue weighted by Gasteiger charge is -2.36. The second-order valence-corrected chi connectivity index (χ2v) is 9.79. The van der Waals surface area contributed by atoms with Gasteiger partial charge in [0.2, 0.25) is 5.91 Å². The lowest BCUT2D eigenvalue weighted by atomic mass is 9.86. The van der Waals surface area contributed by atoms with Gasteiger partial charge >= 0.3 is 0 Å². The largest absolute Gasteiger partial charge is 0.352 e. The van der Waals surface area contributed by atoms with Gasteiger partial charge in [-0.25, -0.2) is 9.97 Å². The number of fused-ring (bicyclic) bond motifs is 3. The second kappa shape index (κ2) is 7.62. The average molecular weight is 399 g/mol. The molecule has 2 aromatic rings. The predicted octanol–water partition coefficient (Wildman–Crippen LogP) is 4.11. The Morgan fingerprint density at radius 1 is 1.04 bits per heavy atom. The van der Waals surface area contributed by atoms with Crippen molar-refractivity contribution in [2.45, 2.75) is 64.7 Å². The van der Waals surface area contributed by atoms with E-state index >= 15 is 0 Å². The van der Waals surface area contributed by atoms with Gasteiger partial charge in [-0.1, -0.05) is 19.3 Å². The molecule has 0 aromatic carbocycles. The first kappa shape index (κ1) is 18.3. The van der Waals surface area contributed by atoms with Crippen LogP contribution in [0.1, 0.15) is 61.2 Å². The van der Waals surface area contributed by atoms with Crippen molar-refractivity contribution >= 4 is 33.3 Å². The summed E-state index contributed by atoms with van der Waals surface area (Å²) in [7, 11) is 0. The standard InChI is InChI=1S/C22H30N4OS/c1-15-23-21(20-17-8-5-9-18(17)28-22(20)24-15)26-12-10-25(11-13-26)19(27)14-16-6-3-2-4-7-16/h16H,2-14H2,1H3. The molecular weight excluding hydrogens is 368 g/mol. The number of anilines is 1. The fourth-order valence-corrected chi connectivity index (χ4v) is 6.55.